The average Bonchev–Trinajstić information content (AvgIpc) is 2.90. The molecule has 0 aliphatic heterocycles. The molecular weight excluding hydrogens is 392 g/mol. The summed E-state index contributed by atoms with van der Waals surface area (Å²) in [5, 5.41) is 11.4. The average molecular weight is 441 g/mol. The second-order valence-electron chi connectivity index (χ2n) is 13.6. The Kier molecular flexibility index (Phi) is 5.93. The van der Waals surface area contributed by atoms with Crippen molar-refractivity contribution < 1.29 is 9.90 Å². The van der Waals surface area contributed by atoms with Crippen LogP contribution in [0.4, 0.5) is 0 Å². The first-order valence-electron chi connectivity index (χ1n) is 13.3. The number of rotatable bonds is 4. The zero-order chi connectivity index (χ0) is 23.7. The Morgan fingerprint density at radius 2 is 1.88 bits per heavy atom. The lowest BCUT2D eigenvalue weighted by molar-refractivity contribution is -0.146. The van der Waals surface area contributed by atoms with Crippen LogP contribution in [0.2, 0.25) is 0 Å². The number of allylic oxidation sites excluding steroid dienone is 4. The van der Waals surface area contributed by atoms with Gasteiger partial charge in [0.1, 0.15) is 5.78 Å². The van der Waals surface area contributed by atoms with Gasteiger partial charge >= 0.3 is 0 Å². The van der Waals surface area contributed by atoms with E-state index in [1.165, 1.54) is 18.4 Å². The highest BCUT2D eigenvalue weighted by molar-refractivity contribution is 5.85. The molecule has 0 saturated heterocycles. The Morgan fingerprint density at radius 1 is 1.19 bits per heavy atom. The zero-order valence-electron chi connectivity index (χ0n) is 22.1. The van der Waals surface area contributed by atoms with Crippen LogP contribution >= 0.6 is 0 Å². The van der Waals surface area contributed by atoms with E-state index in [9.17, 15) is 9.90 Å². The number of hydrogen-bond donors (Lipinski definition) is 1. The summed E-state index contributed by atoms with van der Waals surface area (Å²) in [6.07, 6.45) is 13.1. The quantitative estimate of drug-likeness (QED) is 0.459. The molecule has 0 amide bonds. The van der Waals surface area contributed by atoms with Gasteiger partial charge in [0.05, 0.1) is 6.10 Å². The summed E-state index contributed by atoms with van der Waals surface area (Å²) >= 11 is 0. The molecule has 0 radical (unpaired) electrons. The predicted octanol–water partition coefficient (Wildman–Crippen LogP) is 7.51. The lowest BCUT2D eigenvalue weighted by atomic mass is 9.41. The largest absolute Gasteiger partial charge is 0.393 e. The van der Waals surface area contributed by atoms with Gasteiger partial charge in [0.15, 0.2) is 0 Å². The standard InChI is InChI=1S/C30H48O2/c1-19(2)10-9-11-20(3)26-23(31)18-30(8)22-12-13-24-27(4,5)25(32)15-16-28(24,6)21(22)14-17-29(26,30)7/h10,12,20-21,23-24,26,31H,9,11,13-18H2,1-8H3/t20-,21+,23+,24-,26-,28-,29+,30-/m1/s1. The molecule has 2 nitrogen and oxygen atoms in total. The van der Waals surface area contributed by atoms with Gasteiger partial charge in [0, 0.05) is 11.8 Å². The van der Waals surface area contributed by atoms with Gasteiger partial charge in [-0.3, -0.25) is 4.79 Å². The van der Waals surface area contributed by atoms with Gasteiger partial charge in [0.25, 0.3) is 0 Å². The molecule has 4 aliphatic rings. The molecule has 3 saturated carbocycles. The Morgan fingerprint density at radius 3 is 2.53 bits per heavy atom. The van der Waals surface area contributed by atoms with Crippen LogP contribution in [0.3, 0.4) is 0 Å². The minimum Gasteiger partial charge on any atom is -0.393 e. The molecule has 0 unspecified atom stereocenters. The number of carbonyl (C=O) groups excluding carboxylic acids is 1. The fourth-order valence-electron chi connectivity index (χ4n) is 9.44. The van der Waals surface area contributed by atoms with Crippen molar-refractivity contribution in [3.8, 4) is 0 Å². The number of fused-ring (bicyclic) bond motifs is 5. The third-order valence-corrected chi connectivity index (χ3v) is 11.4. The van der Waals surface area contributed by atoms with Crippen molar-refractivity contribution in [3.05, 3.63) is 23.3 Å². The zero-order valence-corrected chi connectivity index (χ0v) is 22.1. The summed E-state index contributed by atoms with van der Waals surface area (Å²) in [4.78, 5) is 12.8. The minimum absolute atomic E-state index is 0.0738. The van der Waals surface area contributed by atoms with E-state index in [2.05, 4.69) is 67.5 Å². The summed E-state index contributed by atoms with van der Waals surface area (Å²) in [5.74, 6) is 2.38. The predicted molar refractivity (Wildman–Crippen MR) is 133 cm³/mol. The van der Waals surface area contributed by atoms with Gasteiger partial charge in [-0.1, -0.05) is 64.8 Å². The molecular formula is C30H48O2. The molecule has 180 valence electrons. The number of Topliss-reactive ketones (excluding diaryl/α,β-unsaturated/α-hetero) is 1. The van der Waals surface area contributed by atoms with Crippen LogP contribution in [0.25, 0.3) is 0 Å². The van der Waals surface area contributed by atoms with E-state index in [4.69, 9.17) is 0 Å². The first-order valence-corrected chi connectivity index (χ1v) is 13.3. The van der Waals surface area contributed by atoms with Crippen LogP contribution < -0.4 is 0 Å². The maximum Gasteiger partial charge on any atom is 0.138 e. The van der Waals surface area contributed by atoms with Gasteiger partial charge < -0.3 is 5.11 Å². The first-order chi connectivity index (χ1) is 14.8. The lowest BCUT2D eigenvalue weighted by Gasteiger charge is -2.63. The highest BCUT2D eigenvalue weighted by atomic mass is 16.3. The van der Waals surface area contributed by atoms with E-state index < -0.39 is 0 Å². The fourth-order valence-corrected chi connectivity index (χ4v) is 9.44. The second kappa shape index (κ2) is 7.82. The minimum atomic E-state index is -0.214. The van der Waals surface area contributed by atoms with E-state index in [1.54, 1.807) is 5.57 Å². The monoisotopic (exact) mass is 440 g/mol. The summed E-state index contributed by atoms with van der Waals surface area (Å²) in [5.41, 5.74) is 3.27. The Bertz CT molecular complexity index is 830. The van der Waals surface area contributed by atoms with Crippen LogP contribution in [0, 0.1) is 45.3 Å². The van der Waals surface area contributed by atoms with Crippen LogP contribution in [-0.4, -0.2) is 17.0 Å². The smallest absolute Gasteiger partial charge is 0.138 e. The van der Waals surface area contributed by atoms with Crippen LogP contribution in [0.15, 0.2) is 23.3 Å². The Hall–Kier alpha value is -0.890. The van der Waals surface area contributed by atoms with Crippen molar-refractivity contribution in [1.29, 1.82) is 0 Å². The summed E-state index contributed by atoms with van der Waals surface area (Å²) in [7, 11) is 0. The molecule has 3 fully saturated rings. The molecule has 0 bridgehead atoms. The highest BCUT2D eigenvalue weighted by Crippen LogP contribution is 2.73. The number of aliphatic hydroxyl groups excluding tert-OH is 1. The molecule has 0 aromatic carbocycles. The molecule has 8 atom stereocenters. The van der Waals surface area contributed by atoms with Crippen LogP contribution in [0.1, 0.15) is 107 Å². The summed E-state index contributed by atoms with van der Waals surface area (Å²) in [6.45, 7) is 18.6. The van der Waals surface area contributed by atoms with Gasteiger partial charge in [-0.25, -0.2) is 0 Å². The normalized spacial score (nSPS) is 45.9. The fraction of sp³-hybridized carbons (Fsp3) is 0.833. The van der Waals surface area contributed by atoms with E-state index in [-0.39, 0.29) is 27.8 Å². The second-order valence-corrected chi connectivity index (χ2v) is 13.6. The number of ketones is 1. The Balaban J connectivity index is 1.67. The van der Waals surface area contributed by atoms with E-state index in [1.807, 2.05) is 0 Å². The maximum absolute atomic E-state index is 12.8. The van der Waals surface area contributed by atoms with Gasteiger partial charge in [-0.15, -0.1) is 0 Å². The molecule has 32 heavy (non-hydrogen) atoms. The van der Waals surface area contributed by atoms with Crippen molar-refractivity contribution in [1.82, 2.24) is 0 Å². The van der Waals surface area contributed by atoms with Crippen molar-refractivity contribution >= 4 is 5.78 Å². The summed E-state index contributed by atoms with van der Waals surface area (Å²) < 4.78 is 0. The molecule has 0 heterocycles. The number of aliphatic hydroxyl groups is 1. The molecule has 4 aliphatic carbocycles. The van der Waals surface area contributed by atoms with Crippen molar-refractivity contribution in [2.45, 2.75) is 113 Å². The number of hydrogen-bond acceptors (Lipinski definition) is 2. The molecule has 0 spiro atoms. The maximum atomic E-state index is 12.8. The summed E-state index contributed by atoms with van der Waals surface area (Å²) in [6, 6.07) is 0. The first kappa shape index (κ1) is 24.2. The van der Waals surface area contributed by atoms with E-state index in [0.717, 1.165) is 38.5 Å². The third kappa shape index (κ3) is 3.25. The van der Waals surface area contributed by atoms with Crippen molar-refractivity contribution in [2.24, 2.45) is 45.3 Å². The topological polar surface area (TPSA) is 37.3 Å². The third-order valence-electron chi connectivity index (χ3n) is 11.4. The lowest BCUT2D eigenvalue weighted by Crippen LogP contribution is -2.57. The molecule has 1 N–H and O–H groups in total. The van der Waals surface area contributed by atoms with E-state index in [0.29, 0.717) is 29.5 Å². The Labute approximate surface area is 197 Å². The van der Waals surface area contributed by atoms with Gasteiger partial charge in [-0.2, -0.15) is 0 Å². The molecule has 0 aromatic rings. The highest BCUT2D eigenvalue weighted by Gasteiger charge is 2.67. The van der Waals surface area contributed by atoms with Gasteiger partial charge in [0.2, 0.25) is 0 Å². The van der Waals surface area contributed by atoms with Crippen LogP contribution in [-0.2, 0) is 4.79 Å². The van der Waals surface area contributed by atoms with Crippen molar-refractivity contribution in [2.75, 3.05) is 0 Å². The molecule has 4 rings (SSSR count). The van der Waals surface area contributed by atoms with Crippen LogP contribution in [0.5, 0.6) is 0 Å². The SMILES string of the molecule is CC(C)=CCC[C@@H](C)[C@@H]1[C@@H](O)C[C@]2(C)C3=CC[C@@H]4C(C)(C)C(=O)CC[C@]4(C)[C@H]3CC[C@@]12C. The van der Waals surface area contributed by atoms with E-state index >= 15 is 0 Å². The number of carbonyl (C=O) groups is 1. The van der Waals surface area contributed by atoms with Crippen molar-refractivity contribution in [3.63, 3.8) is 0 Å². The molecule has 2 heteroatoms. The van der Waals surface area contributed by atoms with Gasteiger partial charge in [-0.05, 0) is 98.7 Å². The molecule has 0 aromatic heterocycles.